The molecule has 0 aromatic heterocycles. The third-order valence-electron chi connectivity index (χ3n) is 3.34. The van der Waals surface area contributed by atoms with E-state index < -0.39 is 0 Å². The van der Waals surface area contributed by atoms with Crippen LogP contribution < -0.4 is 5.32 Å². The van der Waals surface area contributed by atoms with Crippen molar-refractivity contribution in [2.75, 3.05) is 13.6 Å². The van der Waals surface area contributed by atoms with E-state index >= 15 is 0 Å². The van der Waals surface area contributed by atoms with Crippen molar-refractivity contribution in [3.8, 4) is 0 Å². The van der Waals surface area contributed by atoms with Gasteiger partial charge in [-0.3, -0.25) is 0 Å². The van der Waals surface area contributed by atoms with Gasteiger partial charge in [-0.1, -0.05) is 47.5 Å². The average molecular weight is 308 g/mol. The molecule has 2 aromatic rings. The first-order chi connectivity index (χ1) is 9.67. The molecular weight excluding hydrogens is 289 g/mol. The Kier molecular flexibility index (Phi) is 5.90. The lowest BCUT2D eigenvalue weighted by Gasteiger charge is -2.17. The number of hydrogen-bond acceptors (Lipinski definition) is 1. The van der Waals surface area contributed by atoms with Gasteiger partial charge in [-0.25, -0.2) is 0 Å². The van der Waals surface area contributed by atoms with E-state index in [1.807, 2.05) is 37.4 Å². The number of halogens is 2. The summed E-state index contributed by atoms with van der Waals surface area (Å²) in [5, 5.41) is 4.86. The largest absolute Gasteiger partial charge is 0.319 e. The van der Waals surface area contributed by atoms with Crippen LogP contribution in [0.15, 0.2) is 48.5 Å². The van der Waals surface area contributed by atoms with Gasteiger partial charge in [0, 0.05) is 10.0 Å². The number of rotatable bonds is 6. The predicted molar refractivity (Wildman–Crippen MR) is 87.7 cm³/mol. The molecule has 0 aliphatic rings. The second kappa shape index (κ2) is 7.68. The topological polar surface area (TPSA) is 12.0 Å². The summed E-state index contributed by atoms with van der Waals surface area (Å²) < 4.78 is 0. The molecule has 3 heteroatoms. The maximum Gasteiger partial charge on any atom is 0.0408 e. The van der Waals surface area contributed by atoms with Gasteiger partial charge in [0.25, 0.3) is 0 Å². The normalized spacial score (nSPS) is 12.3. The SMILES string of the molecule is CNCC(Cc1ccc(Cl)cc1)Cc1cccc(Cl)c1. The monoisotopic (exact) mass is 307 g/mol. The molecule has 1 nitrogen and oxygen atoms in total. The minimum atomic E-state index is 0.541. The molecule has 0 radical (unpaired) electrons. The number of benzene rings is 2. The summed E-state index contributed by atoms with van der Waals surface area (Å²) in [5.41, 5.74) is 2.60. The lowest BCUT2D eigenvalue weighted by atomic mass is 9.92. The molecule has 0 spiro atoms. The van der Waals surface area contributed by atoms with Crippen molar-refractivity contribution in [1.82, 2.24) is 5.32 Å². The minimum Gasteiger partial charge on any atom is -0.319 e. The van der Waals surface area contributed by atoms with E-state index in [4.69, 9.17) is 23.2 Å². The van der Waals surface area contributed by atoms with Crippen LogP contribution in [0.25, 0.3) is 0 Å². The van der Waals surface area contributed by atoms with Crippen LogP contribution in [0.5, 0.6) is 0 Å². The maximum absolute atomic E-state index is 6.05. The highest BCUT2D eigenvalue weighted by Crippen LogP contribution is 2.18. The zero-order valence-corrected chi connectivity index (χ0v) is 13.1. The molecule has 1 unspecified atom stereocenters. The second-order valence-electron chi connectivity index (χ2n) is 5.09. The van der Waals surface area contributed by atoms with Gasteiger partial charge in [-0.05, 0) is 67.7 Å². The van der Waals surface area contributed by atoms with E-state index in [2.05, 4.69) is 23.5 Å². The first-order valence-corrected chi connectivity index (χ1v) is 7.56. The van der Waals surface area contributed by atoms with Crippen LogP contribution in [0.2, 0.25) is 10.0 Å². The van der Waals surface area contributed by atoms with Crippen LogP contribution in [0, 0.1) is 5.92 Å². The van der Waals surface area contributed by atoms with Crippen molar-refractivity contribution in [3.63, 3.8) is 0 Å². The fourth-order valence-electron chi connectivity index (χ4n) is 2.46. The molecular formula is C17H19Cl2N. The summed E-state index contributed by atoms with van der Waals surface area (Å²) >= 11 is 12.0. The van der Waals surface area contributed by atoms with Crippen molar-refractivity contribution >= 4 is 23.2 Å². The Balaban J connectivity index is 2.05. The fourth-order valence-corrected chi connectivity index (χ4v) is 2.80. The zero-order chi connectivity index (χ0) is 14.4. The zero-order valence-electron chi connectivity index (χ0n) is 11.6. The molecule has 0 heterocycles. The first kappa shape index (κ1) is 15.4. The van der Waals surface area contributed by atoms with Gasteiger partial charge in [-0.2, -0.15) is 0 Å². The molecule has 2 aromatic carbocycles. The molecule has 0 saturated heterocycles. The molecule has 106 valence electrons. The molecule has 1 atom stereocenters. The lowest BCUT2D eigenvalue weighted by Crippen LogP contribution is -2.22. The Morgan fingerprint density at radius 3 is 2.25 bits per heavy atom. The Morgan fingerprint density at radius 1 is 0.900 bits per heavy atom. The number of nitrogens with one attached hydrogen (secondary N) is 1. The van der Waals surface area contributed by atoms with Gasteiger partial charge >= 0.3 is 0 Å². The van der Waals surface area contributed by atoms with E-state index in [0.717, 1.165) is 29.4 Å². The summed E-state index contributed by atoms with van der Waals surface area (Å²) in [6.07, 6.45) is 2.05. The van der Waals surface area contributed by atoms with E-state index in [9.17, 15) is 0 Å². The van der Waals surface area contributed by atoms with E-state index in [0.29, 0.717) is 5.92 Å². The third-order valence-corrected chi connectivity index (χ3v) is 3.83. The maximum atomic E-state index is 6.05. The molecule has 2 rings (SSSR count). The van der Waals surface area contributed by atoms with Gasteiger partial charge in [-0.15, -0.1) is 0 Å². The standard InChI is InChI=1S/C17H19Cl2N/c1-20-12-15(9-13-5-7-16(18)8-6-13)10-14-3-2-4-17(19)11-14/h2-8,11,15,20H,9-10,12H2,1H3. The van der Waals surface area contributed by atoms with E-state index in [-0.39, 0.29) is 0 Å². The summed E-state index contributed by atoms with van der Waals surface area (Å²) in [4.78, 5) is 0. The molecule has 20 heavy (non-hydrogen) atoms. The van der Waals surface area contributed by atoms with E-state index in [1.54, 1.807) is 0 Å². The first-order valence-electron chi connectivity index (χ1n) is 6.81. The molecule has 0 fully saturated rings. The highest BCUT2D eigenvalue weighted by atomic mass is 35.5. The minimum absolute atomic E-state index is 0.541. The van der Waals surface area contributed by atoms with Gasteiger partial charge in [0.15, 0.2) is 0 Å². The summed E-state index contributed by atoms with van der Waals surface area (Å²) in [7, 11) is 1.99. The Bertz CT molecular complexity index is 537. The summed E-state index contributed by atoms with van der Waals surface area (Å²) in [6.45, 7) is 0.981. The lowest BCUT2D eigenvalue weighted by molar-refractivity contribution is 0.493. The molecule has 0 saturated carbocycles. The highest BCUT2D eigenvalue weighted by molar-refractivity contribution is 6.30. The van der Waals surface area contributed by atoms with Gasteiger partial charge < -0.3 is 5.32 Å². The van der Waals surface area contributed by atoms with Gasteiger partial charge in [0.1, 0.15) is 0 Å². The summed E-state index contributed by atoms with van der Waals surface area (Å²) in [6, 6.07) is 16.2. The molecule has 0 aliphatic carbocycles. The highest BCUT2D eigenvalue weighted by Gasteiger charge is 2.10. The van der Waals surface area contributed by atoms with Crippen molar-refractivity contribution in [1.29, 1.82) is 0 Å². The van der Waals surface area contributed by atoms with Gasteiger partial charge in [0.2, 0.25) is 0 Å². The van der Waals surface area contributed by atoms with Gasteiger partial charge in [0.05, 0.1) is 0 Å². The smallest absolute Gasteiger partial charge is 0.0408 e. The van der Waals surface area contributed by atoms with Crippen LogP contribution >= 0.6 is 23.2 Å². The molecule has 0 amide bonds. The Hall–Kier alpha value is -1.02. The van der Waals surface area contributed by atoms with Crippen LogP contribution in [0.1, 0.15) is 11.1 Å². The molecule has 1 N–H and O–H groups in total. The van der Waals surface area contributed by atoms with Crippen molar-refractivity contribution in [3.05, 3.63) is 69.7 Å². The van der Waals surface area contributed by atoms with Crippen molar-refractivity contribution < 1.29 is 0 Å². The third kappa shape index (κ3) is 4.82. The average Bonchev–Trinajstić information content (AvgIpc) is 2.42. The van der Waals surface area contributed by atoms with Crippen LogP contribution in [0.4, 0.5) is 0 Å². The van der Waals surface area contributed by atoms with E-state index in [1.165, 1.54) is 11.1 Å². The second-order valence-corrected chi connectivity index (χ2v) is 5.96. The quantitative estimate of drug-likeness (QED) is 0.821. The van der Waals surface area contributed by atoms with Crippen LogP contribution in [-0.4, -0.2) is 13.6 Å². The van der Waals surface area contributed by atoms with Crippen molar-refractivity contribution in [2.24, 2.45) is 5.92 Å². The molecule has 0 aliphatic heterocycles. The van der Waals surface area contributed by atoms with Crippen LogP contribution in [0.3, 0.4) is 0 Å². The summed E-state index contributed by atoms with van der Waals surface area (Å²) in [5.74, 6) is 0.541. The number of hydrogen-bond donors (Lipinski definition) is 1. The predicted octanol–water partition coefficient (Wildman–Crippen LogP) is 4.61. The Labute approximate surface area is 130 Å². The fraction of sp³-hybridized carbons (Fsp3) is 0.294. The van der Waals surface area contributed by atoms with Crippen LogP contribution in [-0.2, 0) is 12.8 Å². The molecule has 0 bridgehead atoms. The van der Waals surface area contributed by atoms with Crippen molar-refractivity contribution in [2.45, 2.75) is 12.8 Å². The Morgan fingerprint density at radius 2 is 1.60 bits per heavy atom.